The zero-order chi connectivity index (χ0) is 23.2. The quantitative estimate of drug-likeness (QED) is 0.391. The highest BCUT2D eigenvalue weighted by molar-refractivity contribution is 5.95. The Hall–Kier alpha value is -3.71. The van der Waals surface area contributed by atoms with Gasteiger partial charge in [-0.25, -0.2) is 9.97 Å². The molecule has 1 unspecified atom stereocenters. The molecule has 4 aromatic rings. The summed E-state index contributed by atoms with van der Waals surface area (Å²) < 4.78 is 12.2. The van der Waals surface area contributed by atoms with E-state index in [1.54, 1.807) is 12.5 Å². The molecule has 0 saturated heterocycles. The van der Waals surface area contributed by atoms with Crippen molar-refractivity contribution in [3.8, 4) is 11.5 Å². The fourth-order valence-electron chi connectivity index (χ4n) is 3.70. The fraction of sp³-hybridized carbons (Fsp3) is 0.269. The molecule has 2 aromatic heterocycles. The molecule has 0 fully saturated rings. The summed E-state index contributed by atoms with van der Waals surface area (Å²) in [7, 11) is 4.07. The van der Waals surface area contributed by atoms with E-state index in [1.165, 1.54) is 0 Å². The minimum atomic E-state index is 0.0245. The van der Waals surface area contributed by atoms with Crippen LogP contribution in [0.1, 0.15) is 18.2 Å². The summed E-state index contributed by atoms with van der Waals surface area (Å²) in [6, 6.07) is 17.7. The molecule has 0 aliphatic heterocycles. The number of hydrogen-bond donors (Lipinski definition) is 1. The standard InChI is InChI=1S/C26H29N5O2/c1-18-14-20(11-12-23(18)32-16-21-8-5-6-13-27-21)30-26-25-22(28-17-29-26)9-7-10-24(25)33-19(2)15-31(3)4/h5-14,17,19H,15-16H2,1-4H3,(H,28,29,30). The SMILES string of the molecule is Cc1cc(Nc2ncnc3cccc(OC(C)CN(C)C)c23)ccc1OCc1ccccn1. The summed E-state index contributed by atoms with van der Waals surface area (Å²) in [6.45, 7) is 5.32. The van der Waals surface area contributed by atoms with Crippen LogP contribution in [0.2, 0.25) is 0 Å². The van der Waals surface area contributed by atoms with Crippen molar-refractivity contribution in [2.45, 2.75) is 26.6 Å². The van der Waals surface area contributed by atoms with E-state index < -0.39 is 0 Å². The highest BCUT2D eigenvalue weighted by Crippen LogP contribution is 2.33. The molecule has 0 amide bonds. The number of hydrogen-bond acceptors (Lipinski definition) is 7. The van der Waals surface area contributed by atoms with Crippen molar-refractivity contribution >= 4 is 22.4 Å². The molecule has 2 aromatic carbocycles. The van der Waals surface area contributed by atoms with E-state index in [2.05, 4.69) is 32.1 Å². The van der Waals surface area contributed by atoms with Gasteiger partial charge in [0.15, 0.2) is 0 Å². The van der Waals surface area contributed by atoms with Crippen molar-refractivity contribution in [2.24, 2.45) is 0 Å². The Morgan fingerprint density at radius 1 is 0.970 bits per heavy atom. The van der Waals surface area contributed by atoms with Gasteiger partial charge in [-0.2, -0.15) is 0 Å². The summed E-state index contributed by atoms with van der Waals surface area (Å²) in [5, 5.41) is 4.29. The Labute approximate surface area is 194 Å². The van der Waals surface area contributed by atoms with Crippen LogP contribution >= 0.6 is 0 Å². The van der Waals surface area contributed by atoms with Gasteiger partial charge < -0.3 is 19.7 Å². The van der Waals surface area contributed by atoms with E-state index in [0.717, 1.165) is 45.9 Å². The van der Waals surface area contributed by atoms with Crippen LogP contribution in [-0.2, 0) is 6.61 Å². The van der Waals surface area contributed by atoms with Crippen molar-refractivity contribution in [1.82, 2.24) is 19.9 Å². The molecule has 7 heteroatoms. The number of anilines is 2. The maximum atomic E-state index is 6.25. The van der Waals surface area contributed by atoms with E-state index in [9.17, 15) is 0 Å². The smallest absolute Gasteiger partial charge is 0.145 e. The molecule has 2 heterocycles. The number of fused-ring (bicyclic) bond motifs is 1. The second-order valence-electron chi connectivity index (χ2n) is 8.28. The Morgan fingerprint density at radius 2 is 1.85 bits per heavy atom. The van der Waals surface area contributed by atoms with E-state index in [-0.39, 0.29) is 6.10 Å². The van der Waals surface area contributed by atoms with Gasteiger partial charge in [0.1, 0.15) is 36.4 Å². The molecule has 1 N–H and O–H groups in total. The van der Waals surface area contributed by atoms with Crippen LogP contribution in [0.3, 0.4) is 0 Å². The number of aryl methyl sites for hydroxylation is 1. The van der Waals surface area contributed by atoms with Crippen LogP contribution in [0.25, 0.3) is 10.9 Å². The minimum Gasteiger partial charge on any atom is -0.489 e. The minimum absolute atomic E-state index is 0.0245. The molecule has 0 radical (unpaired) electrons. The third-order valence-electron chi connectivity index (χ3n) is 5.11. The van der Waals surface area contributed by atoms with Gasteiger partial charge >= 0.3 is 0 Å². The lowest BCUT2D eigenvalue weighted by Crippen LogP contribution is -2.28. The van der Waals surface area contributed by atoms with Crippen LogP contribution < -0.4 is 14.8 Å². The van der Waals surface area contributed by atoms with Crippen molar-refractivity contribution in [2.75, 3.05) is 26.0 Å². The van der Waals surface area contributed by atoms with E-state index in [4.69, 9.17) is 9.47 Å². The van der Waals surface area contributed by atoms with Crippen molar-refractivity contribution in [3.63, 3.8) is 0 Å². The van der Waals surface area contributed by atoms with Crippen LogP contribution in [0.4, 0.5) is 11.5 Å². The molecule has 0 aliphatic rings. The molecule has 33 heavy (non-hydrogen) atoms. The highest BCUT2D eigenvalue weighted by Gasteiger charge is 2.14. The Morgan fingerprint density at radius 3 is 2.61 bits per heavy atom. The summed E-state index contributed by atoms with van der Waals surface area (Å²) in [5.41, 5.74) is 3.65. The predicted molar refractivity (Wildman–Crippen MR) is 131 cm³/mol. The zero-order valence-electron chi connectivity index (χ0n) is 19.4. The van der Waals surface area contributed by atoms with Crippen molar-refractivity contribution in [1.29, 1.82) is 0 Å². The first-order valence-electron chi connectivity index (χ1n) is 10.9. The van der Waals surface area contributed by atoms with Crippen LogP contribution in [-0.4, -0.2) is 46.6 Å². The second-order valence-corrected chi connectivity index (χ2v) is 8.28. The van der Waals surface area contributed by atoms with Crippen LogP contribution in [0, 0.1) is 6.92 Å². The molecule has 0 bridgehead atoms. The average molecular weight is 444 g/mol. The van der Waals surface area contributed by atoms with Crippen LogP contribution in [0.5, 0.6) is 11.5 Å². The largest absolute Gasteiger partial charge is 0.489 e. The first kappa shape index (κ1) is 22.5. The molecule has 0 spiro atoms. The average Bonchev–Trinajstić information content (AvgIpc) is 2.79. The zero-order valence-corrected chi connectivity index (χ0v) is 19.4. The second kappa shape index (κ2) is 10.3. The summed E-state index contributed by atoms with van der Waals surface area (Å²) in [6.07, 6.45) is 3.36. The third-order valence-corrected chi connectivity index (χ3v) is 5.11. The lowest BCUT2D eigenvalue weighted by atomic mass is 10.1. The Bertz CT molecular complexity index is 1210. The third kappa shape index (κ3) is 5.75. The molecule has 0 saturated carbocycles. The normalized spacial score (nSPS) is 12.0. The van der Waals surface area contributed by atoms with Gasteiger partial charge in [0.25, 0.3) is 0 Å². The number of rotatable bonds is 9. The number of benzene rings is 2. The van der Waals surface area contributed by atoms with E-state index in [0.29, 0.717) is 12.4 Å². The van der Waals surface area contributed by atoms with Gasteiger partial charge in [-0.1, -0.05) is 12.1 Å². The number of ether oxygens (including phenoxy) is 2. The molecule has 170 valence electrons. The number of pyridine rings is 1. The number of aromatic nitrogens is 3. The number of nitrogens with zero attached hydrogens (tertiary/aromatic N) is 4. The maximum Gasteiger partial charge on any atom is 0.145 e. The highest BCUT2D eigenvalue weighted by atomic mass is 16.5. The molecule has 4 rings (SSSR count). The molecule has 0 aliphatic carbocycles. The summed E-state index contributed by atoms with van der Waals surface area (Å²) in [5.74, 6) is 2.28. The van der Waals surface area contributed by atoms with Gasteiger partial charge in [-0.15, -0.1) is 0 Å². The van der Waals surface area contributed by atoms with E-state index in [1.807, 2.05) is 75.6 Å². The molecule has 7 nitrogen and oxygen atoms in total. The lowest BCUT2D eigenvalue weighted by molar-refractivity contribution is 0.179. The Kier molecular flexibility index (Phi) is 7.00. The van der Waals surface area contributed by atoms with Gasteiger partial charge in [0.05, 0.1) is 16.6 Å². The maximum absolute atomic E-state index is 6.25. The number of likely N-dealkylation sites (N-methyl/N-ethyl adjacent to an activating group) is 1. The van der Waals surface area contributed by atoms with Crippen LogP contribution in [0.15, 0.2) is 67.1 Å². The van der Waals surface area contributed by atoms with Crippen molar-refractivity contribution < 1.29 is 9.47 Å². The van der Waals surface area contributed by atoms with Gasteiger partial charge in [0, 0.05) is 18.4 Å². The summed E-state index contributed by atoms with van der Waals surface area (Å²) >= 11 is 0. The Balaban J connectivity index is 1.55. The first-order valence-corrected chi connectivity index (χ1v) is 10.9. The van der Waals surface area contributed by atoms with Gasteiger partial charge in [0.2, 0.25) is 0 Å². The van der Waals surface area contributed by atoms with Gasteiger partial charge in [-0.05, 0) is 76.0 Å². The first-order chi connectivity index (χ1) is 16.0. The van der Waals surface area contributed by atoms with Gasteiger partial charge in [-0.3, -0.25) is 4.98 Å². The molecule has 1 atom stereocenters. The van der Waals surface area contributed by atoms with E-state index >= 15 is 0 Å². The lowest BCUT2D eigenvalue weighted by Gasteiger charge is -2.20. The predicted octanol–water partition coefficient (Wildman–Crippen LogP) is 4.98. The molecular weight excluding hydrogens is 414 g/mol. The number of nitrogens with one attached hydrogen (secondary N) is 1. The molecular formula is C26H29N5O2. The summed E-state index contributed by atoms with van der Waals surface area (Å²) in [4.78, 5) is 15.3. The topological polar surface area (TPSA) is 72.4 Å². The van der Waals surface area contributed by atoms with Crippen molar-refractivity contribution in [3.05, 3.63) is 78.4 Å². The fourth-order valence-corrected chi connectivity index (χ4v) is 3.70. The monoisotopic (exact) mass is 443 g/mol.